The van der Waals surface area contributed by atoms with E-state index in [2.05, 4.69) is 39.9 Å². The van der Waals surface area contributed by atoms with E-state index in [9.17, 15) is 4.39 Å². The largest absolute Gasteiger partial charge is 0.488 e. The van der Waals surface area contributed by atoms with E-state index in [1.807, 2.05) is 18.2 Å². The van der Waals surface area contributed by atoms with Crippen LogP contribution in [0, 0.1) is 11.2 Å². The Balaban J connectivity index is 2.05. The standard InChI is InChI=1S/C22H29ClFNO/c1-21(2,3)15-22(4,5)25-13-17-12-18(23)8-11-20(17)26-14-16-6-9-19(24)10-7-16/h6-12,25H,13-15H2,1-5H3/p+1. The zero-order valence-corrected chi connectivity index (χ0v) is 17.2. The molecule has 0 heterocycles. The van der Waals surface area contributed by atoms with Crippen molar-refractivity contribution in [1.29, 1.82) is 0 Å². The zero-order chi connectivity index (χ0) is 19.4. The van der Waals surface area contributed by atoms with E-state index in [0.717, 1.165) is 29.8 Å². The molecule has 0 fully saturated rings. The van der Waals surface area contributed by atoms with E-state index >= 15 is 0 Å². The fourth-order valence-electron chi connectivity index (χ4n) is 3.42. The van der Waals surface area contributed by atoms with E-state index in [0.29, 0.717) is 11.6 Å². The monoisotopic (exact) mass is 378 g/mol. The van der Waals surface area contributed by atoms with Crippen LogP contribution in [-0.2, 0) is 13.2 Å². The lowest BCUT2D eigenvalue weighted by molar-refractivity contribution is -0.737. The lowest BCUT2D eigenvalue weighted by atomic mass is 9.82. The van der Waals surface area contributed by atoms with Gasteiger partial charge in [0.2, 0.25) is 0 Å². The van der Waals surface area contributed by atoms with Gasteiger partial charge < -0.3 is 10.1 Å². The molecule has 0 radical (unpaired) electrons. The van der Waals surface area contributed by atoms with Crippen LogP contribution in [0.25, 0.3) is 0 Å². The number of hydrogen-bond donors (Lipinski definition) is 1. The summed E-state index contributed by atoms with van der Waals surface area (Å²) in [5, 5.41) is 3.05. The Bertz CT molecular complexity index is 720. The molecule has 2 nitrogen and oxygen atoms in total. The minimum atomic E-state index is -0.239. The molecule has 0 saturated carbocycles. The normalized spacial score (nSPS) is 12.3. The summed E-state index contributed by atoms with van der Waals surface area (Å²) in [5.41, 5.74) is 2.40. The van der Waals surface area contributed by atoms with E-state index in [1.165, 1.54) is 12.1 Å². The molecule has 0 unspecified atom stereocenters. The number of halogens is 2. The minimum absolute atomic E-state index is 0.120. The van der Waals surface area contributed by atoms with E-state index in [4.69, 9.17) is 16.3 Å². The molecule has 0 saturated heterocycles. The SMILES string of the molecule is CC(C)(C)CC(C)(C)[NH2+]Cc1cc(Cl)ccc1OCc1ccc(F)cc1. The van der Waals surface area contributed by atoms with Crippen LogP contribution in [0.1, 0.15) is 52.2 Å². The summed E-state index contributed by atoms with van der Waals surface area (Å²) in [4.78, 5) is 0. The minimum Gasteiger partial charge on any atom is -0.488 e. The van der Waals surface area contributed by atoms with Crippen molar-refractivity contribution in [1.82, 2.24) is 0 Å². The molecule has 142 valence electrons. The number of rotatable bonds is 7. The maximum Gasteiger partial charge on any atom is 0.128 e. The molecule has 26 heavy (non-hydrogen) atoms. The van der Waals surface area contributed by atoms with E-state index < -0.39 is 0 Å². The topological polar surface area (TPSA) is 25.8 Å². The van der Waals surface area contributed by atoms with Gasteiger partial charge in [-0.2, -0.15) is 0 Å². The van der Waals surface area contributed by atoms with Crippen molar-refractivity contribution in [3.8, 4) is 5.75 Å². The zero-order valence-electron chi connectivity index (χ0n) is 16.4. The second kappa shape index (κ2) is 8.41. The van der Waals surface area contributed by atoms with Crippen molar-refractivity contribution in [3.63, 3.8) is 0 Å². The van der Waals surface area contributed by atoms with Gasteiger partial charge in [0.05, 0.1) is 5.54 Å². The molecule has 2 rings (SSSR count). The second-order valence-corrected chi connectivity index (χ2v) is 9.24. The molecule has 0 spiro atoms. The average Bonchev–Trinajstić information content (AvgIpc) is 2.51. The first-order valence-electron chi connectivity index (χ1n) is 9.04. The third-order valence-electron chi connectivity index (χ3n) is 4.19. The molecule has 0 amide bonds. The molecule has 2 N–H and O–H groups in total. The number of hydrogen-bond acceptors (Lipinski definition) is 1. The summed E-state index contributed by atoms with van der Waals surface area (Å²) in [7, 11) is 0. The molecule has 0 atom stereocenters. The van der Waals surface area contributed by atoms with E-state index in [-0.39, 0.29) is 16.8 Å². The van der Waals surface area contributed by atoms with Gasteiger partial charge in [-0.3, -0.25) is 0 Å². The predicted molar refractivity (Wildman–Crippen MR) is 106 cm³/mol. The Morgan fingerprint density at radius 3 is 2.27 bits per heavy atom. The highest BCUT2D eigenvalue weighted by molar-refractivity contribution is 6.30. The smallest absolute Gasteiger partial charge is 0.128 e. The molecule has 0 aliphatic heterocycles. The van der Waals surface area contributed by atoms with Crippen molar-refractivity contribution in [2.45, 2.75) is 59.7 Å². The summed E-state index contributed by atoms with van der Waals surface area (Å²) in [5.74, 6) is 0.582. The van der Waals surface area contributed by atoms with Crippen LogP contribution in [0.15, 0.2) is 42.5 Å². The number of ether oxygens (including phenoxy) is 1. The number of benzene rings is 2. The van der Waals surface area contributed by atoms with Gasteiger partial charge in [0.1, 0.15) is 24.7 Å². The van der Waals surface area contributed by atoms with Crippen molar-refractivity contribution in [2.24, 2.45) is 5.41 Å². The van der Waals surface area contributed by atoms with Gasteiger partial charge in [0.15, 0.2) is 0 Å². The van der Waals surface area contributed by atoms with Gasteiger partial charge in [-0.25, -0.2) is 4.39 Å². The third kappa shape index (κ3) is 6.97. The Morgan fingerprint density at radius 2 is 1.65 bits per heavy atom. The van der Waals surface area contributed by atoms with Crippen molar-refractivity contribution in [2.75, 3.05) is 0 Å². The van der Waals surface area contributed by atoms with Gasteiger partial charge in [-0.05, 0) is 55.2 Å². The van der Waals surface area contributed by atoms with Crippen LogP contribution in [0.4, 0.5) is 4.39 Å². The molecule has 0 bridgehead atoms. The lowest BCUT2D eigenvalue weighted by Gasteiger charge is -2.30. The van der Waals surface area contributed by atoms with Gasteiger partial charge in [-0.15, -0.1) is 0 Å². The fraction of sp³-hybridized carbons (Fsp3) is 0.455. The average molecular weight is 379 g/mol. The van der Waals surface area contributed by atoms with Crippen LogP contribution >= 0.6 is 11.6 Å². The fourth-order valence-corrected chi connectivity index (χ4v) is 3.61. The van der Waals surface area contributed by atoms with Crippen molar-refractivity contribution >= 4 is 11.6 Å². The van der Waals surface area contributed by atoms with Crippen LogP contribution in [-0.4, -0.2) is 5.54 Å². The summed E-state index contributed by atoms with van der Waals surface area (Å²) in [6.07, 6.45) is 1.10. The third-order valence-corrected chi connectivity index (χ3v) is 4.43. The first kappa shape index (κ1) is 20.7. The Morgan fingerprint density at radius 1 is 1.00 bits per heavy atom. The first-order valence-corrected chi connectivity index (χ1v) is 9.42. The molecule has 0 aromatic heterocycles. The van der Waals surface area contributed by atoms with Gasteiger partial charge in [-0.1, -0.05) is 44.5 Å². The van der Waals surface area contributed by atoms with Crippen molar-refractivity contribution < 1.29 is 14.4 Å². The predicted octanol–water partition coefficient (Wildman–Crippen LogP) is 5.34. The summed E-state index contributed by atoms with van der Waals surface area (Å²) in [6, 6.07) is 12.1. The van der Waals surface area contributed by atoms with Gasteiger partial charge in [0, 0.05) is 17.0 Å². The molecular formula is C22H30ClFNO+. The van der Waals surface area contributed by atoms with Crippen LogP contribution in [0.2, 0.25) is 5.02 Å². The molecule has 2 aromatic rings. The summed E-state index contributed by atoms with van der Waals surface area (Å²) >= 11 is 6.20. The van der Waals surface area contributed by atoms with Crippen molar-refractivity contribution in [3.05, 3.63) is 64.4 Å². The number of nitrogens with two attached hydrogens (primary N) is 1. The molecule has 0 aliphatic rings. The Kier molecular flexibility index (Phi) is 6.70. The molecule has 2 aromatic carbocycles. The summed E-state index contributed by atoms with van der Waals surface area (Å²) in [6.45, 7) is 12.5. The van der Waals surface area contributed by atoms with Crippen LogP contribution < -0.4 is 10.1 Å². The number of quaternary nitrogens is 1. The first-order chi connectivity index (χ1) is 12.0. The van der Waals surface area contributed by atoms with Gasteiger partial charge >= 0.3 is 0 Å². The lowest BCUT2D eigenvalue weighted by Crippen LogP contribution is -2.94. The van der Waals surface area contributed by atoms with E-state index in [1.54, 1.807) is 12.1 Å². The van der Waals surface area contributed by atoms with Crippen LogP contribution in [0.3, 0.4) is 0 Å². The summed E-state index contributed by atoms with van der Waals surface area (Å²) < 4.78 is 19.0. The Hall–Kier alpha value is -1.58. The van der Waals surface area contributed by atoms with Crippen LogP contribution in [0.5, 0.6) is 5.75 Å². The second-order valence-electron chi connectivity index (χ2n) is 8.80. The highest BCUT2D eigenvalue weighted by Crippen LogP contribution is 2.26. The maximum absolute atomic E-state index is 13.0. The highest BCUT2D eigenvalue weighted by Gasteiger charge is 2.28. The maximum atomic E-state index is 13.0. The highest BCUT2D eigenvalue weighted by atomic mass is 35.5. The van der Waals surface area contributed by atoms with Gasteiger partial charge in [0.25, 0.3) is 0 Å². The molecule has 0 aliphatic carbocycles. The molecule has 4 heteroatoms. The quantitative estimate of drug-likeness (QED) is 0.691. The Labute approximate surface area is 161 Å². The molecular weight excluding hydrogens is 349 g/mol.